The molecule has 0 saturated heterocycles. The van der Waals surface area contributed by atoms with E-state index < -0.39 is 0 Å². The zero-order valence-electron chi connectivity index (χ0n) is 17.9. The van der Waals surface area contributed by atoms with Crippen LogP contribution in [-0.2, 0) is 5.41 Å². The first-order valence-electron chi connectivity index (χ1n) is 10.4. The molecule has 2 nitrogen and oxygen atoms in total. The van der Waals surface area contributed by atoms with E-state index in [1.54, 1.807) is 0 Å². The van der Waals surface area contributed by atoms with E-state index in [2.05, 4.69) is 87.4 Å². The molecule has 1 aromatic carbocycles. The van der Waals surface area contributed by atoms with Gasteiger partial charge in [0, 0.05) is 29.4 Å². The van der Waals surface area contributed by atoms with Crippen LogP contribution in [0.15, 0.2) is 42.1 Å². The zero-order chi connectivity index (χ0) is 19.6. The highest BCUT2D eigenvalue weighted by molar-refractivity contribution is 8.14. The molecule has 0 bridgehead atoms. The van der Waals surface area contributed by atoms with Gasteiger partial charge in [-0.2, -0.15) is 0 Å². The minimum absolute atomic E-state index is 0.0423. The molecule has 0 amide bonds. The van der Waals surface area contributed by atoms with Crippen LogP contribution in [0.4, 0.5) is 5.69 Å². The maximum atomic E-state index is 2.56. The molecule has 0 saturated carbocycles. The van der Waals surface area contributed by atoms with Crippen LogP contribution in [0.3, 0.4) is 0 Å². The Labute approximate surface area is 170 Å². The molecule has 3 rings (SSSR count). The van der Waals surface area contributed by atoms with Crippen molar-refractivity contribution in [3.63, 3.8) is 0 Å². The van der Waals surface area contributed by atoms with Crippen LogP contribution in [0.2, 0.25) is 0 Å². The monoisotopic (exact) mass is 383 g/mol. The largest absolute Gasteiger partial charge is 0.344 e. The first-order valence-corrected chi connectivity index (χ1v) is 11.4. The van der Waals surface area contributed by atoms with Crippen LogP contribution in [-0.4, -0.2) is 35.0 Å². The van der Waals surface area contributed by atoms with Gasteiger partial charge in [-0.1, -0.05) is 63.2 Å². The Morgan fingerprint density at radius 2 is 2.07 bits per heavy atom. The van der Waals surface area contributed by atoms with Crippen molar-refractivity contribution in [3.8, 4) is 0 Å². The van der Waals surface area contributed by atoms with Crippen molar-refractivity contribution in [1.82, 2.24) is 0 Å². The van der Waals surface area contributed by atoms with E-state index in [0.29, 0.717) is 5.92 Å². The van der Waals surface area contributed by atoms with Crippen LogP contribution in [0.25, 0.3) is 0 Å². The Kier molecular flexibility index (Phi) is 6.20. The average molecular weight is 384 g/mol. The molecule has 0 atom stereocenters. The third-order valence-electron chi connectivity index (χ3n) is 5.77. The Morgan fingerprint density at radius 1 is 1.30 bits per heavy atom. The molecule has 0 fully saturated rings. The maximum Gasteiger partial charge on any atom is 0.234 e. The van der Waals surface area contributed by atoms with Gasteiger partial charge < -0.3 is 4.90 Å². The van der Waals surface area contributed by atoms with Gasteiger partial charge in [-0.3, -0.25) is 0 Å². The van der Waals surface area contributed by atoms with Gasteiger partial charge in [0.2, 0.25) is 5.04 Å². The summed E-state index contributed by atoms with van der Waals surface area (Å²) in [6.07, 6.45) is 8.14. The number of thioether (sulfide) groups is 1. The van der Waals surface area contributed by atoms with Crippen LogP contribution >= 0.6 is 11.8 Å². The van der Waals surface area contributed by atoms with Crippen LogP contribution < -0.4 is 4.90 Å². The highest BCUT2D eigenvalue weighted by Gasteiger charge is 2.39. The molecule has 2 aliphatic rings. The van der Waals surface area contributed by atoms with E-state index in [9.17, 15) is 0 Å². The molecule has 0 unspecified atom stereocenters. The van der Waals surface area contributed by atoms with Crippen LogP contribution in [0.5, 0.6) is 0 Å². The number of aryl methyl sites for hydroxylation is 1. The first-order chi connectivity index (χ1) is 12.8. The van der Waals surface area contributed by atoms with Gasteiger partial charge in [0.05, 0.1) is 5.75 Å². The molecular formula is C24H35N2S+. The number of hydrogen-bond donors (Lipinski definition) is 0. The van der Waals surface area contributed by atoms with Gasteiger partial charge in [-0.25, -0.2) is 4.58 Å². The lowest BCUT2D eigenvalue weighted by Gasteiger charge is -2.27. The Morgan fingerprint density at radius 3 is 2.78 bits per heavy atom. The fraction of sp³-hybridized carbons (Fsp3) is 0.542. The number of anilines is 1. The molecular weight excluding hydrogens is 348 g/mol. The first kappa shape index (κ1) is 20.3. The average Bonchev–Trinajstić information content (AvgIpc) is 3.15. The molecule has 0 spiro atoms. The van der Waals surface area contributed by atoms with E-state index in [-0.39, 0.29) is 5.41 Å². The number of allylic oxidation sites excluding steroid dienone is 3. The Bertz CT molecular complexity index is 784. The minimum Gasteiger partial charge on any atom is -0.344 e. The van der Waals surface area contributed by atoms with Gasteiger partial charge in [-0.05, 0) is 43.9 Å². The summed E-state index contributed by atoms with van der Waals surface area (Å²) in [6.45, 7) is 17.2. The highest BCUT2D eigenvalue weighted by atomic mass is 32.2. The summed E-state index contributed by atoms with van der Waals surface area (Å²) >= 11 is 1.97. The minimum atomic E-state index is 0.0423. The molecule has 0 aromatic heterocycles. The standard InChI is InChI=1S/C24H35N2S/c1-7-25-15-16-27-23(25)10-8-9-22-24(5,6)20-17-19(4)11-12-21(20)26(22)14-13-18(2)3/h8-12,17-18H,7,13-16H2,1-6H3/q+1. The summed E-state index contributed by atoms with van der Waals surface area (Å²) in [6, 6.07) is 6.94. The molecule has 0 aliphatic carbocycles. The van der Waals surface area contributed by atoms with Crippen molar-refractivity contribution in [2.45, 2.75) is 53.4 Å². The molecule has 3 heteroatoms. The number of nitrogens with zero attached hydrogens (tertiary/aromatic N) is 2. The second-order valence-corrected chi connectivity index (χ2v) is 9.77. The molecule has 2 aliphatic heterocycles. The maximum absolute atomic E-state index is 2.56. The molecule has 146 valence electrons. The lowest BCUT2D eigenvalue weighted by atomic mass is 9.83. The van der Waals surface area contributed by atoms with E-state index >= 15 is 0 Å². The van der Waals surface area contributed by atoms with Crippen molar-refractivity contribution in [3.05, 3.63) is 53.3 Å². The molecule has 0 N–H and O–H groups in total. The number of benzene rings is 1. The van der Waals surface area contributed by atoms with Crippen molar-refractivity contribution in [1.29, 1.82) is 0 Å². The molecule has 27 heavy (non-hydrogen) atoms. The highest BCUT2D eigenvalue weighted by Crippen LogP contribution is 2.48. The zero-order valence-corrected chi connectivity index (χ0v) is 18.7. The van der Waals surface area contributed by atoms with Crippen molar-refractivity contribution in [2.24, 2.45) is 5.92 Å². The molecule has 0 radical (unpaired) electrons. The number of hydrogen-bond acceptors (Lipinski definition) is 2. The summed E-state index contributed by atoms with van der Waals surface area (Å²) in [5.41, 5.74) is 5.67. The summed E-state index contributed by atoms with van der Waals surface area (Å²) in [5, 5.41) is 1.41. The van der Waals surface area contributed by atoms with Crippen molar-refractivity contribution in [2.75, 3.05) is 30.3 Å². The van der Waals surface area contributed by atoms with Crippen molar-refractivity contribution < 1.29 is 4.58 Å². The topological polar surface area (TPSA) is 6.25 Å². The lowest BCUT2D eigenvalue weighted by Crippen LogP contribution is -2.27. The predicted octanol–water partition coefficient (Wildman–Crippen LogP) is 5.76. The van der Waals surface area contributed by atoms with E-state index in [1.807, 2.05) is 11.8 Å². The van der Waals surface area contributed by atoms with Gasteiger partial charge in [0.1, 0.15) is 6.54 Å². The normalized spacial score (nSPS) is 20.6. The summed E-state index contributed by atoms with van der Waals surface area (Å²) < 4.78 is 2.47. The third-order valence-corrected chi connectivity index (χ3v) is 6.85. The van der Waals surface area contributed by atoms with Gasteiger partial charge in [0.25, 0.3) is 0 Å². The van der Waals surface area contributed by atoms with Gasteiger partial charge >= 0.3 is 0 Å². The lowest BCUT2D eigenvalue weighted by molar-refractivity contribution is -0.513. The Balaban J connectivity index is 1.95. The smallest absolute Gasteiger partial charge is 0.234 e. The SMILES string of the molecule is CC[N+]1=C(C=CC=C2N(CCC(C)C)c3ccc(C)cc3C2(C)C)SCC1. The molecule has 1 aromatic rings. The summed E-state index contributed by atoms with van der Waals surface area (Å²) in [7, 11) is 0. The number of rotatable bonds is 6. The number of fused-ring (bicyclic) bond motifs is 1. The fourth-order valence-corrected chi connectivity index (χ4v) is 5.17. The summed E-state index contributed by atoms with van der Waals surface area (Å²) in [5.74, 6) is 1.92. The Hall–Kier alpha value is -1.48. The third kappa shape index (κ3) is 4.18. The van der Waals surface area contributed by atoms with Crippen molar-refractivity contribution >= 4 is 22.5 Å². The van der Waals surface area contributed by atoms with E-state index in [4.69, 9.17) is 0 Å². The van der Waals surface area contributed by atoms with Gasteiger partial charge in [0.15, 0.2) is 6.54 Å². The second kappa shape index (κ2) is 8.26. The second-order valence-electron chi connectivity index (χ2n) is 8.66. The van der Waals surface area contributed by atoms with E-state index in [0.717, 1.165) is 13.1 Å². The molecule has 2 heterocycles. The fourth-order valence-electron chi connectivity index (χ4n) is 4.07. The van der Waals surface area contributed by atoms with Crippen LogP contribution in [0, 0.1) is 12.8 Å². The quantitative estimate of drug-likeness (QED) is 0.576. The van der Waals surface area contributed by atoms with Gasteiger partial charge in [-0.15, -0.1) is 0 Å². The van der Waals surface area contributed by atoms with Crippen LogP contribution in [0.1, 0.15) is 52.2 Å². The summed E-state index contributed by atoms with van der Waals surface area (Å²) in [4.78, 5) is 2.56. The van der Waals surface area contributed by atoms with E-state index in [1.165, 1.54) is 46.3 Å². The predicted molar refractivity (Wildman–Crippen MR) is 121 cm³/mol.